The third-order valence-electron chi connectivity index (χ3n) is 7.32. The van der Waals surface area contributed by atoms with Gasteiger partial charge in [-0.15, -0.1) is 0 Å². The van der Waals surface area contributed by atoms with Gasteiger partial charge in [-0.05, 0) is 77.8 Å². The Morgan fingerprint density at radius 2 is 1.63 bits per heavy atom. The Morgan fingerprint density at radius 1 is 0.878 bits per heavy atom. The van der Waals surface area contributed by atoms with Gasteiger partial charge < -0.3 is 10.6 Å². The Bertz CT molecular complexity index is 1560. The van der Waals surface area contributed by atoms with Crippen LogP contribution in [0.3, 0.4) is 0 Å². The molecule has 1 aliphatic heterocycles. The molecule has 5 rings (SSSR count). The number of carbonyl (C=O) groups is 2. The molecular weight excluding hydrogens is 532 g/mol. The number of fused-ring (bicyclic) bond motifs is 1. The molecule has 1 heterocycles. The third-order valence-corrected chi connectivity index (χ3v) is 7.55. The van der Waals surface area contributed by atoms with Gasteiger partial charge in [-0.25, -0.2) is 0 Å². The highest BCUT2D eigenvalue weighted by atomic mass is 35.5. The number of aliphatic imine (C=N–C) groups is 1. The molecule has 0 aliphatic carbocycles. The van der Waals surface area contributed by atoms with Gasteiger partial charge in [0.15, 0.2) is 0 Å². The van der Waals surface area contributed by atoms with Gasteiger partial charge in [0.25, 0.3) is 5.91 Å². The van der Waals surface area contributed by atoms with Crippen LogP contribution in [0.1, 0.15) is 52.4 Å². The number of rotatable bonds is 10. The molecular formula is C34H33ClN4O2. The first-order chi connectivity index (χ1) is 19.9. The molecule has 0 saturated heterocycles. The Kier molecular flexibility index (Phi) is 8.92. The van der Waals surface area contributed by atoms with Gasteiger partial charge in [-0.1, -0.05) is 80.0 Å². The molecule has 1 aliphatic rings. The van der Waals surface area contributed by atoms with E-state index in [9.17, 15) is 9.59 Å². The SMILES string of the molecule is CCN(CC)Cc1ccc(N=C(c2ccccc2)C2C(=O)Nc3ccc(C(=O)NCc4cccc(Cl)c4)cc32)cc1. The lowest BCUT2D eigenvalue weighted by Gasteiger charge is -2.18. The highest BCUT2D eigenvalue weighted by Gasteiger charge is 2.36. The van der Waals surface area contributed by atoms with Crippen molar-refractivity contribution in [2.45, 2.75) is 32.9 Å². The average molecular weight is 565 g/mol. The zero-order valence-electron chi connectivity index (χ0n) is 23.2. The number of anilines is 1. The van der Waals surface area contributed by atoms with Crippen molar-refractivity contribution in [1.82, 2.24) is 10.2 Å². The first kappa shape index (κ1) is 28.3. The molecule has 1 atom stereocenters. The minimum Gasteiger partial charge on any atom is -0.348 e. The van der Waals surface area contributed by atoms with Crippen LogP contribution in [0.2, 0.25) is 5.02 Å². The normalized spacial score (nSPS) is 14.6. The number of nitrogens with one attached hydrogen (secondary N) is 2. The predicted molar refractivity (Wildman–Crippen MR) is 166 cm³/mol. The average Bonchev–Trinajstić information content (AvgIpc) is 3.33. The number of benzene rings is 4. The summed E-state index contributed by atoms with van der Waals surface area (Å²) in [5.74, 6) is -1.06. The van der Waals surface area contributed by atoms with Gasteiger partial charge in [-0.2, -0.15) is 0 Å². The van der Waals surface area contributed by atoms with Crippen LogP contribution >= 0.6 is 11.6 Å². The molecule has 0 spiro atoms. The van der Waals surface area contributed by atoms with E-state index in [0.717, 1.165) is 42.0 Å². The van der Waals surface area contributed by atoms with Gasteiger partial charge in [0.2, 0.25) is 5.91 Å². The summed E-state index contributed by atoms with van der Waals surface area (Å²) in [7, 11) is 0. The second kappa shape index (κ2) is 12.9. The summed E-state index contributed by atoms with van der Waals surface area (Å²) in [6.07, 6.45) is 0. The largest absolute Gasteiger partial charge is 0.348 e. The molecule has 0 fully saturated rings. The van der Waals surface area contributed by atoms with Crippen molar-refractivity contribution in [3.8, 4) is 0 Å². The molecule has 0 bridgehead atoms. The molecule has 1 unspecified atom stereocenters. The summed E-state index contributed by atoms with van der Waals surface area (Å²) in [6, 6.07) is 30.6. The summed E-state index contributed by atoms with van der Waals surface area (Å²) in [5.41, 5.74) is 6.26. The number of hydrogen-bond acceptors (Lipinski definition) is 4. The van der Waals surface area contributed by atoms with Crippen LogP contribution in [0.25, 0.3) is 0 Å². The van der Waals surface area contributed by atoms with E-state index < -0.39 is 5.92 Å². The fourth-order valence-corrected chi connectivity index (χ4v) is 5.24. The number of nitrogens with zero attached hydrogens (tertiary/aromatic N) is 2. The van der Waals surface area contributed by atoms with Crippen LogP contribution in [0.4, 0.5) is 11.4 Å². The Hall–Kier alpha value is -4.26. The van der Waals surface area contributed by atoms with Gasteiger partial charge >= 0.3 is 0 Å². The van der Waals surface area contributed by atoms with E-state index in [1.165, 1.54) is 5.56 Å². The molecule has 4 aromatic rings. The minimum atomic E-state index is -0.663. The molecule has 6 nitrogen and oxygen atoms in total. The molecule has 208 valence electrons. The monoisotopic (exact) mass is 564 g/mol. The highest BCUT2D eigenvalue weighted by Crippen LogP contribution is 2.37. The lowest BCUT2D eigenvalue weighted by atomic mass is 9.89. The highest BCUT2D eigenvalue weighted by molar-refractivity contribution is 6.30. The van der Waals surface area contributed by atoms with Gasteiger partial charge in [0, 0.05) is 29.4 Å². The topological polar surface area (TPSA) is 73.8 Å². The van der Waals surface area contributed by atoms with E-state index in [4.69, 9.17) is 16.6 Å². The van der Waals surface area contributed by atoms with Crippen LogP contribution < -0.4 is 10.6 Å². The van der Waals surface area contributed by atoms with Crippen LogP contribution in [0.15, 0.2) is 102 Å². The zero-order valence-corrected chi connectivity index (χ0v) is 24.0. The Balaban J connectivity index is 1.45. The van der Waals surface area contributed by atoms with Gasteiger partial charge in [0.1, 0.15) is 5.92 Å². The molecule has 2 N–H and O–H groups in total. The number of hydrogen-bond donors (Lipinski definition) is 2. The summed E-state index contributed by atoms with van der Waals surface area (Å²) in [4.78, 5) is 33.8. The van der Waals surface area contributed by atoms with Crippen LogP contribution in [0.5, 0.6) is 0 Å². The lowest BCUT2D eigenvalue weighted by Crippen LogP contribution is -2.24. The fourth-order valence-electron chi connectivity index (χ4n) is 5.03. The van der Waals surface area contributed by atoms with Crippen molar-refractivity contribution >= 4 is 40.5 Å². The van der Waals surface area contributed by atoms with Crippen molar-refractivity contribution in [2.24, 2.45) is 4.99 Å². The van der Waals surface area contributed by atoms with Crippen molar-refractivity contribution < 1.29 is 9.59 Å². The number of halogens is 1. The fraction of sp³-hybridized carbons (Fsp3) is 0.206. The van der Waals surface area contributed by atoms with E-state index in [0.29, 0.717) is 28.5 Å². The van der Waals surface area contributed by atoms with Crippen LogP contribution in [-0.4, -0.2) is 35.5 Å². The maximum absolute atomic E-state index is 13.4. The van der Waals surface area contributed by atoms with E-state index >= 15 is 0 Å². The van der Waals surface area contributed by atoms with E-state index in [-0.39, 0.29) is 11.8 Å². The summed E-state index contributed by atoms with van der Waals surface area (Å²) >= 11 is 6.08. The molecule has 0 saturated carbocycles. The van der Waals surface area contributed by atoms with E-state index in [2.05, 4.69) is 41.5 Å². The van der Waals surface area contributed by atoms with Gasteiger partial charge in [-0.3, -0.25) is 19.5 Å². The summed E-state index contributed by atoms with van der Waals surface area (Å²) in [5, 5.41) is 6.55. The second-order valence-corrected chi connectivity index (χ2v) is 10.5. The first-order valence-corrected chi connectivity index (χ1v) is 14.3. The Morgan fingerprint density at radius 3 is 2.34 bits per heavy atom. The smallest absolute Gasteiger partial charge is 0.251 e. The quantitative estimate of drug-likeness (QED) is 0.204. The molecule has 7 heteroatoms. The van der Waals surface area contributed by atoms with Crippen LogP contribution in [-0.2, 0) is 17.9 Å². The molecule has 0 aromatic heterocycles. The maximum Gasteiger partial charge on any atom is 0.251 e. The molecule has 4 aromatic carbocycles. The molecule has 41 heavy (non-hydrogen) atoms. The van der Waals surface area contributed by atoms with Crippen molar-refractivity contribution in [2.75, 3.05) is 18.4 Å². The maximum atomic E-state index is 13.4. The van der Waals surface area contributed by atoms with Crippen molar-refractivity contribution in [3.05, 3.63) is 130 Å². The minimum absolute atomic E-state index is 0.169. The first-order valence-electron chi connectivity index (χ1n) is 13.9. The van der Waals surface area contributed by atoms with Crippen molar-refractivity contribution in [1.29, 1.82) is 0 Å². The summed E-state index contributed by atoms with van der Waals surface area (Å²) < 4.78 is 0. The second-order valence-electron chi connectivity index (χ2n) is 10.0. The van der Waals surface area contributed by atoms with E-state index in [1.54, 1.807) is 24.3 Å². The van der Waals surface area contributed by atoms with Crippen molar-refractivity contribution in [3.63, 3.8) is 0 Å². The number of amides is 2. The zero-order chi connectivity index (χ0) is 28.8. The summed E-state index contributed by atoms with van der Waals surface area (Å²) in [6.45, 7) is 7.53. The van der Waals surface area contributed by atoms with Gasteiger partial charge in [0.05, 0.1) is 11.4 Å². The molecule has 2 amide bonds. The lowest BCUT2D eigenvalue weighted by molar-refractivity contribution is -0.115. The predicted octanol–water partition coefficient (Wildman–Crippen LogP) is 6.97. The van der Waals surface area contributed by atoms with Crippen LogP contribution in [0, 0.1) is 0 Å². The standard InChI is InChI=1S/C34H33ClN4O2/c1-3-39(4-2)22-23-13-16-28(17-14-23)37-32(25-10-6-5-7-11-25)31-29-20-26(15-18-30(29)38-34(31)41)33(40)36-21-24-9-8-12-27(35)19-24/h5-20,31H,3-4,21-22H2,1-2H3,(H,36,40)(H,38,41). The Labute approximate surface area is 246 Å². The molecule has 0 radical (unpaired) electrons. The number of carbonyl (C=O) groups excluding carboxylic acids is 2. The third kappa shape index (κ3) is 6.73. The van der Waals surface area contributed by atoms with E-state index in [1.807, 2.05) is 60.7 Å².